The van der Waals surface area contributed by atoms with Gasteiger partial charge in [0.05, 0.1) is 13.7 Å². The van der Waals surface area contributed by atoms with Gasteiger partial charge in [0.25, 0.3) is 0 Å². The van der Waals surface area contributed by atoms with E-state index in [-0.39, 0.29) is 6.61 Å². The summed E-state index contributed by atoms with van der Waals surface area (Å²) in [6, 6.07) is 0. The molecule has 0 heterocycles. The van der Waals surface area contributed by atoms with Gasteiger partial charge in [-0.1, -0.05) is 78.1 Å². The van der Waals surface area contributed by atoms with E-state index in [1.165, 1.54) is 51.4 Å². The Hall–Kier alpha value is -0.130. The summed E-state index contributed by atoms with van der Waals surface area (Å²) in [6.45, 7) is 4.83. The molecule has 0 aromatic carbocycles. The van der Waals surface area contributed by atoms with Gasteiger partial charge in [-0.2, -0.15) is 8.42 Å². The first-order chi connectivity index (χ1) is 10.0. The van der Waals surface area contributed by atoms with Crippen LogP contribution >= 0.6 is 0 Å². The van der Waals surface area contributed by atoms with E-state index in [4.69, 9.17) is 0 Å². The average Bonchev–Trinajstić information content (AvgIpc) is 2.48. The molecule has 0 aromatic heterocycles. The van der Waals surface area contributed by atoms with Crippen molar-refractivity contribution in [3.63, 3.8) is 0 Å². The molecule has 0 saturated carbocycles. The molecular weight excluding hydrogens is 288 g/mol. The van der Waals surface area contributed by atoms with E-state index < -0.39 is 10.4 Å². The zero-order valence-electron chi connectivity index (χ0n) is 14.1. The monoisotopic (exact) mass is 322 g/mol. The van der Waals surface area contributed by atoms with Gasteiger partial charge in [0, 0.05) is 0 Å². The summed E-state index contributed by atoms with van der Waals surface area (Å²) in [5.41, 5.74) is 0. The molecule has 0 amide bonds. The Labute approximate surface area is 131 Å². The highest BCUT2D eigenvalue weighted by atomic mass is 32.3. The third-order valence-corrected chi connectivity index (χ3v) is 4.83. The predicted molar refractivity (Wildman–Crippen MR) is 87.5 cm³/mol. The van der Waals surface area contributed by atoms with Crippen molar-refractivity contribution in [3.05, 3.63) is 0 Å². The molecule has 0 fully saturated rings. The molecule has 4 nitrogen and oxygen atoms in total. The quantitative estimate of drug-likeness (QED) is 0.405. The molecule has 5 heteroatoms. The van der Waals surface area contributed by atoms with Crippen molar-refractivity contribution in [1.29, 1.82) is 0 Å². The Morgan fingerprint density at radius 3 is 1.81 bits per heavy atom. The SMILES string of the molecule is CCC(C)CCCCCCCCCCCOS(=O)(=O)OC. The first-order valence-corrected chi connectivity index (χ1v) is 9.80. The summed E-state index contributed by atoms with van der Waals surface area (Å²) in [6.07, 6.45) is 13.6. The summed E-state index contributed by atoms with van der Waals surface area (Å²) in [4.78, 5) is 0. The van der Waals surface area contributed by atoms with Crippen molar-refractivity contribution >= 4 is 10.4 Å². The third-order valence-electron chi connectivity index (χ3n) is 3.97. The maximum Gasteiger partial charge on any atom is 0.399 e. The fourth-order valence-electron chi connectivity index (χ4n) is 2.25. The summed E-state index contributed by atoms with van der Waals surface area (Å²) in [5, 5.41) is 0. The molecule has 0 bridgehead atoms. The van der Waals surface area contributed by atoms with Gasteiger partial charge in [0.15, 0.2) is 0 Å². The minimum absolute atomic E-state index is 0.228. The molecule has 1 unspecified atom stereocenters. The fraction of sp³-hybridized carbons (Fsp3) is 1.00. The van der Waals surface area contributed by atoms with Crippen LogP contribution in [0.1, 0.15) is 84.5 Å². The molecule has 0 rings (SSSR count). The number of hydrogen-bond donors (Lipinski definition) is 0. The summed E-state index contributed by atoms with van der Waals surface area (Å²) < 4.78 is 30.6. The van der Waals surface area contributed by atoms with E-state index >= 15 is 0 Å². The van der Waals surface area contributed by atoms with Crippen LogP contribution < -0.4 is 0 Å². The molecule has 128 valence electrons. The van der Waals surface area contributed by atoms with Crippen LogP contribution in [0.4, 0.5) is 0 Å². The van der Waals surface area contributed by atoms with Gasteiger partial charge in [0.1, 0.15) is 0 Å². The summed E-state index contributed by atoms with van der Waals surface area (Å²) in [5.74, 6) is 0.883. The van der Waals surface area contributed by atoms with E-state index in [2.05, 4.69) is 22.2 Å². The molecule has 0 N–H and O–H groups in total. The highest BCUT2D eigenvalue weighted by Crippen LogP contribution is 2.15. The van der Waals surface area contributed by atoms with E-state index in [0.717, 1.165) is 32.3 Å². The van der Waals surface area contributed by atoms with Crippen molar-refractivity contribution in [1.82, 2.24) is 0 Å². The third kappa shape index (κ3) is 14.6. The molecule has 0 aliphatic rings. The number of unbranched alkanes of at least 4 members (excludes halogenated alkanes) is 8. The van der Waals surface area contributed by atoms with Crippen LogP contribution in [0.25, 0.3) is 0 Å². The average molecular weight is 323 g/mol. The van der Waals surface area contributed by atoms with Crippen LogP contribution in [0.2, 0.25) is 0 Å². The minimum atomic E-state index is -3.74. The lowest BCUT2D eigenvalue weighted by Gasteiger charge is -2.07. The van der Waals surface area contributed by atoms with E-state index in [0.29, 0.717) is 0 Å². The van der Waals surface area contributed by atoms with Gasteiger partial charge >= 0.3 is 10.4 Å². The van der Waals surface area contributed by atoms with Gasteiger partial charge in [-0.05, 0) is 12.3 Å². The van der Waals surface area contributed by atoms with Gasteiger partial charge in [-0.25, -0.2) is 4.18 Å². The molecule has 0 saturated heterocycles. The summed E-state index contributed by atoms with van der Waals surface area (Å²) >= 11 is 0. The minimum Gasteiger partial charge on any atom is -0.252 e. The van der Waals surface area contributed by atoms with E-state index in [1.54, 1.807) is 0 Å². The Bertz CT molecular complexity index is 314. The molecule has 21 heavy (non-hydrogen) atoms. The topological polar surface area (TPSA) is 52.6 Å². The Balaban J connectivity index is 3.16. The Kier molecular flexibility index (Phi) is 13.4. The second-order valence-electron chi connectivity index (χ2n) is 5.88. The van der Waals surface area contributed by atoms with Gasteiger partial charge in [-0.15, -0.1) is 0 Å². The standard InChI is InChI=1S/C16H34O4S/c1-4-16(2)14-12-10-8-6-5-7-9-11-13-15-20-21(17,18)19-3/h16H,4-15H2,1-3H3. The maximum atomic E-state index is 10.9. The van der Waals surface area contributed by atoms with Crippen LogP contribution in [0.3, 0.4) is 0 Å². The van der Waals surface area contributed by atoms with Crippen LogP contribution in [-0.4, -0.2) is 22.1 Å². The zero-order chi connectivity index (χ0) is 16.0. The molecule has 1 atom stereocenters. The molecule has 0 radical (unpaired) electrons. The number of rotatable bonds is 15. The zero-order valence-corrected chi connectivity index (χ0v) is 14.9. The van der Waals surface area contributed by atoms with Gasteiger partial charge in [-0.3, -0.25) is 4.18 Å². The summed E-state index contributed by atoms with van der Waals surface area (Å²) in [7, 11) is -2.63. The van der Waals surface area contributed by atoms with Gasteiger partial charge in [0.2, 0.25) is 0 Å². The first-order valence-electron chi connectivity index (χ1n) is 8.46. The first kappa shape index (κ1) is 20.9. The van der Waals surface area contributed by atoms with Crippen LogP contribution in [0.15, 0.2) is 0 Å². The second-order valence-corrected chi connectivity index (χ2v) is 7.27. The van der Waals surface area contributed by atoms with Crippen molar-refractivity contribution in [2.24, 2.45) is 5.92 Å². The maximum absolute atomic E-state index is 10.9. The fourth-order valence-corrected chi connectivity index (χ4v) is 2.66. The lowest BCUT2D eigenvalue weighted by Crippen LogP contribution is -2.08. The lowest BCUT2D eigenvalue weighted by atomic mass is 9.99. The Morgan fingerprint density at radius 1 is 0.857 bits per heavy atom. The largest absolute Gasteiger partial charge is 0.399 e. The highest BCUT2D eigenvalue weighted by Gasteiger charge is 2.07. The smallest absolute Gasteiger partial charge is 0.252 e. The normalized spacial score (nSPS) is 13.5. The predicted octanol–water partition coefficient (Wildman–Crippen LogP) is 4.84. The molecule has 0 aromatic rings. The molecule has 0 aliphatic carbocycles. The highest BCUT2D eigenvalue weighted by molar-refractivity contribution is 7.81. The molecular formula is C16H34O4S. The van der Waals surface area contributed by atoms with Crippen molar-refractivity contribution < 1.29 is 16.8 Å². The van der Waals surface area contributed by atoms with Crippen molar-refractivity contribution in [2.75, 3.05) is 13.7 Å². The Morgan fingerprint density at radius 2 is 1.33 bits per heavy atom. The van der Waals surface area contributed by atoms with Crippen LogP contribution in [0, 0.1) is 5.92 Å². The van der Waals surface area contributed by atoms with Crippen LogP contribution in [0.5, 0.6) is 0 Å². The lowest BCUT2D eigenvalue weighted by molar-refractivity contribution is 0.238. The van der Waals surface area contributed by atoms with Crippen LogP contribution in [-0.2, 0) is 18.8 Å². The van der Waals surface area contributed by atoms with Crippen molar-refractivity contribution in [3.8, 4) is 0 Å². The van der Waals surface area contributed by atoms with Crippen molar-refractivity contribution in [2.45, 2.75) is 84.5 Å². The number of hydrogen-bond acceptors (Lipinski definition) is 4. The molecule has 0 spiro atoms. The van der Waals surface area contributed by atoms with E-state index in [9.17, 15) is 8.42 Å². The second kappa shape index (κ2) is 13.5. The van der Waals surface area contributed by atoms with Gasteiger partial charge < -0.3 is 0 Å². The van der Waals surface area contributed by atoms with E-state index in [1.807, 2.05) is 0 Å². The molecule has 0 aliphatic heterocycles.